The molecule has 0 amide bonds. The van der Waals surface area contributed by atoms with Gasteiger partial charge in [0.05, 0.1) is 38.8 Å². The van der Waals surface area contributed by atoms with Gasteiger partial charge in [-0.3, -0.25) is 0 Å². The molecule has 0 unspecified atom stereocenters. The van der Waals surface area contributed by atoms with Crippen LogP contribution < -0.4 is 0 Å². The SMILES string of the molecule is Cc1ccc(-c2ccc3c(c2)c2ccccc2n3-c2cc3ccc2c2ccc(C(F)(F)F)cc2n2c4ccccc4c4cc(ccc42)c2ccc(cc2C)c2cccc(c2)c2nc(-c4ccccc4)nc3n2)c(C)c1. The Bertz CT molecular complexity index is 4860. The zero-order valence-electron chi connectivity index (χ0n) is 41.1. The summed E-state index contributed by atoms with van der Waals surface area (Å²) < 4.78 is 49.9. The fourth-order valence-corrected chi connectivity index (χ4v) is 11.5. The van der Waals surface area contributed by atoms with Gasteiger partial charge in [0.1, 0.15) is 0 Å². The maximum atomic E-state index is 15.2. The van der Waals surface area contributed by atoms with Crippen LogP contribution in [0.25, 0.3) is 132 Å². The van der Waals surface area contributed by atoms with Crippen LogP contribution in [0.1, 0.15) is 22.3 Å². The molecule has 11 aromatic heterocycles. The van der Waals surface area contributed by atoms with Crippen LogP contribution in [0.2, 0.25) is 0 Å². The number of benzene rings is 10. The maximum Gasteiger partial charge on any atom is 0.416 e. The van der Waals surface area contributed by atoms with Crippen molar-refractivity contribution >= 4 is 104 Å². The lowest BCUT2D eigenvalue weighted by Crippen LogP contribution is -2.05. The number of para-hydroxylation sites is 2. The van der Waals surface area contributed by atoms with Crippen molar-refractivity contribution in [1.82, 2.24) is 23.9 Å². The fraction of sp³-hybridized carbons (Fsp3) is 0.0597. The van der Waals surface area contributed by atoms with E-state index in [1.807, 2.05) is 83.3 Å². The van der Waals surface area contributed by atoms with E-state index in [9.17, 15) is 0 Å². The Labute approximate surface area is 428 Å². The predicted molar refractivity (Wildman–Crippen MR) is 304 cm³/mol. The van der Waals surface area contributed by atoms with Crippen molar-refractivity contribution in [1.29, 1.82) is 0 Å². The smallest absolute Gasteiger partial charge is 0.309 e. The third-order valence-electron chi connectivity index (χ3n) is 15.0. The van der Waals surface area contributed by atoms with Crippen LogP contribution in [-0.4, -0.2) is 23.9 Å². The quantitative estimate of drug-likeness (QED) is 0.177. The number of hydrogen-bond donors (Lipinski definition) is 0. The van der Waals surface area contributed by atoms with Crippen molar-refractivity contribution in [3.05, 3.63) is 235 Å². The number of fused-ring (bicyclic) bond motifs is 4. The third-order valence-corrected chi connectivity index (χ3v) is 15.0. The Balaban J connectivity index is 1.22. The van der Waals surface area contributed by atoms with Crippen molar-refractivity contribution in [2.45, 2.75) is 26.9 Å². The third kappa shape index (κ3) is 7.27. The molecule has 0 saturated heterocycles. The number of nitrogens with zero attached hydrogens (tertiary/aromatic N) is 5. The van der Waals surface area contributed by atoms with Gasteiger partial charge in [-0.2, -0.15) is 13.2 Å². The van der Waals surface area contributed by atoms with Crippen LogP contribution in [-0.2, 0) is 6.18 Å². The largest absolute Gasteiger partial charge is 0.416 e. The number of aryl methyl sites for hydroxylation is 3. The van der Waals surface area contributed by atoms with Gasteiger partial charge in [0, 0.05) is 48.7 Å². The number of alkyl halides is 3. The monoisotopic (exact) mass is 975 g/mol. The molecule has 0 atom stereocenters. The highest BCUT2D eigenvalue weighted by Gasteiger charge is 2.31. The number of halogens is 3. The second-order valence-corrected chi connectivity index (χ2v) is 19.7. The number of hydrogen-bond acceptors (Lipinski definition) is 3. The van der Waals surface area contributed by atoms with Gasteiger partial charge in [-0.15, -0.1) is 0 Å². The Morgan fingerprint density at radius 1 is 0.360 bits per heavy atom. The second kappa shape index (κ2) is 16.8. The highest BCUT2D eigenvalue weighted by molar-refractivity contribution is 6.16. The molecule has 0 aliphatic heterocycles. The highest BCUT2D eigenvalue weighted by atomic mass is 19.4. The Hall–Kier alpha value is -9.40. The summed E-state index contributed by atoms with van der Waals surface area (Å²) in [5.41, 5.74) is 11.4. The molecule has 5 nitrogen and oxygen atoms in total. The van der Waals surface area contributed by atoms with Crippen molar-refractivity contribution < 1.29 is 13.2 Å². The molecule has 10 aromatic carbocycles. The van der Waals surface area contributed by atoms with E-state index >= 15 is 13.2 Å². The van der Waals surface area contributed by atoms with Crippen LogP contribution in [0.3, 0.4) is 0 Å². The summed E-state index contributed by atoms with van der Waals surface area (Å²) in [6.07, 6.45) is -4.62. The molecule has 0 aliphatic carbocycles. The zero-order chi connectivity index (χ0) is 50.7. The first kappa shape index (κ1) is 44.3. The molecule has 358 valence electrons. The lowest BCUT2D eigenvalue weighted by Gasteiger charge is -2.14. The summed E-state index contributed by atoms with van der Waals surface area (Å²) in [6.45, 7) is 6.37. The van der Waals surface area contributed by atoms with E-state index in [1.54, 1.807) is 6.07 Å². The second-order valence-electron chi connectivity index (χ2n) is 19.7. The fourth-order valence-electron chi connectivity index (χ4n) is 11.5. The zero-order valence-corrected chi connectivity index (χ0v) is 41.1. The van der Waals surface area contributed by atoms with Gasteiger partial charge in [0.25, 0.3) is 0 Å². The summed E-state index contributed by atoms with van der Waals surface area (Å²) in [6, 6.07) is 70.8. The molecule has 11 heterocycles. The van der Waals surface area contributed by atoms with Crippen molar-refractivity contribution in [2.75, 3.05) is 0 Å². The molecule has 75 heavy (non-hydrogen) atoms. The van der Waals surface area contributed by atoms with Crippen molar-refractivity contribution in [3.63, 3.8) is 0 Å². The predicted octanol–water partition coefficient (Wildman–Crippen LogP) is 18.3. The number of aromatic nitrogens is 5. The average molecular weight is 976 g/mol. The molecule has 8 heteroatoms. The molecular formula is C67H44F3N5. The van der Waals surface area contributed by atoms with Crippen molar-refractivity contribution in [3.8, 4) is 28.2 Å². The van der Waals surface area contributed by atoms with Crippen LogP contribution in [0.5, 0.6) is 0 Å². The lowest BCUT2D eigenvalue weighted by molar-refractivity contribution is -0.137. The molecule has 0 radical (unpaired) electrons. The molecule has 12 bridgehead atoms. The summed E-state index contributed by atoms with van der Waals surface area (Å²) in [5, 5.41) is 11.0. The number of rotatable bonds is 3. The molecule has 0 N–H and O–H groups in total. The molecule has 21 rings (SSSR count). The van der Waals surface area contributed by atoms with Gasteiger partial charge < -0.3 is 8.97 Å². The van der Waals surface area contributed by atoms with E-state index in [4.69, 9.17) is 15.0 Å². The first-order valence-electron chi connectivity index (χ1n) is 25.1. The van der Waals surface area contributed by atoms with Gasteiger partial charge in [-0.05, 0) is 125 Å². The van der Waals surface area contributed by atoms with E-state index in [1.165, 1.54) is 23.3 Å². The molecule has 0 aliphatic rings. The Kier molecular flexibility index (Phi) is 9.94. The topological polar surface area (TPSA) is 48.0 Å². The Morgan fingerprint density at radius 3 is 1.76 bits per heavy atom. The van der Waals surface area contributed by atoms with Gasteiger partial charge in [0.2, 0.25) is 0 Å². The molecular weight excluding hydrogens is 932 g/mol. The average Bonchev–Trinajstić information content (AvgIpc) is 3.95. The minimum Gasteiger partial charge on any atom is -0.309 e. The Morgan fingerprint density at radius 2 is 0.973 bits per heavy atom. The molecule has 0 saturated carbocycles. The molecule has 21 aromatic rings. The van der Waals surface area contributed by atoms with E-state index in [0.717, 1.165) is 104 Å². The summed E-state index contributed by atoms with van der Waals surface area (Å²) >= 11 is 0. The molecule has 0 fully saturated rings. The van der Waals surface area contributed by atoms with E-state index in [-0.39, 0.29) is 0 Å². The van der Waals surface area contributed by atoms with Crippen LogP contribution in [0.4, 0.5) is 13.2 Å². The van der Waals surface area contributed by atoms with E-state index < -0.39 is 11.7 Å². The minimum atomic E-state index is -4.62. The summed E-state index contributed by atoms with van der Waals surface area (Å²) in [5.74, 6) is 0.513. The van der Waals surface area contributed by atoms with Gasteiger partial charge in [-0.25, -0.2) is 15.0 Å². The summed E-state index contributed by atoms with van der Waals surface area (Å²) in [4.78, 5) is 15.6. The van der Waals surface area contributed by atoms with Crippen LogP contribution in [0.15, 0.2) is 212 Å². The maximum absolute atomic E-state index is 15.2. The summed E-state index contributed by atoms with van der Waals surface area (Å²) in [7, 11) is 0. The normalized spacial score (nSPS) is 12.1. The minimum absolute atomic E-state index is 0.398. The van der Waals surface area contributed by atoms with E-state index in [2.05, 4.69) is 141 Å². The van der Waals surface area contributed by atoms with Crippen molar-refractivity contribution in [2.24, 2.45) is 0 Å². The van der Waals surface area contributed by atoms with Gasteiger partial charge in [0.15, 0.2) is 17.1 Å². The van der Waals surface area contributed by atoms with Gasteiger partial charge >= 0.3 is 6.18 Å². The van der Waals surface area contributed by atoms with Crippen LogP contribution >= 0.6 is 0 Å². The lowest BCUT2D eigenvalue weighted by atomic mass is 9.97. The van der Waals surface area contributed by atoms with Gasteiger partial charge in [-0.1, -0.05) is 157 Å². The van der Waals surface area contributed by atoms with Crippen LogP contribution in [0, 0.1) is 20.8 Å². The highest BCUT2D eigenvalue weighted by Crippen LogP contribution is 2.41. The molecule has 0 spiro atoms. The van der Waals surface area contributed by atoms with E-state index in [0.29, 0.717) is 33.4 Å². The first-order valence-corrected chi connectivity index (χ1v) is 25.1. The standard InChI is InChI=1S/C67H44F3N5/c1-39-20-26-50(40(2)32-39)45-23-30-60-56(35-45)52-16-7-9-18-58(52)74(60)62-37-48-22-28-54(62)55-29-25-49(67(68,69)70)38-63(55)75-59-19-10-8-17-53(59)57-36-46(24-31-61(57)75)51-27-21-44(33-41(51)3)43-14-11-15-47(34-43)65-71-64(72-66(48)73-65)42-12-5-4-6-13-42/h4-38H,1-3H3. The first-order chi connectivity index (χ1) is 36.5.